The van der Waals surface area contributed by atoms with Crippen LogP contribution in [0, 0.1) is 12.7 Å². The molecule has 0 aliphatic carbocycles. The maximum Gasteiger partial charge on any atom is 0.407 e. The molecule has 9 heteroatoms. The molecule has 0 saturated carbocycles. The van der Waals surface area contributed by atoms with Gasteiger partial charge < -0.3 is 14.9 Å². The van der Waals surface area contributed by atoms with Gasteiger partial charge in [-0.3, -0.25) is 0 Å². The average Bonchev–Trinajstić information content (AvgIpc) is 2.88. The zero-order chi connectivity index (χ0) is 27.1. The molecular weight excluding hydrogens is 485 g/mol. The molecule has 196 valence electrons. The number of amides is 1. The molecule has 3 heterocycles. The molecule has 38 heavy (non-hydrogen) atoms. The summed E-state index contributed by atoms with van der Waals surface area (Å²) >= 11 is 0. The van der Waals surface area contributed by atoms with Crippen molar-refractivity contribution in [3.63, 3.8) is 0 Å². The lowest BCUT2D eigenvalue weighted by atomic mass is 10.0. The number of anilines is 1. The summed E-state index contributed by atoms with van der Waals surface area (Å²) in [6.45, 7) is 8.85. The molecule has 0 bridgehead atoms. The van der Waals surface area contributed by atoms with Gasteiger partial charge in [-0.1, -0.05) is 44.2 Å². The molecule has 1 unspecified atom stereocenters. The van der Waals surface area contributed by atoms with Crippen molar-refractivity contribution in [2.45, 2.75) is 39.7 Å². The first-order chi connectivity index (χ1) is 18.2. The van der Waals surface area contributed by atoms with Gasteiger partial charge >= 0.3 is 11.8 Å². The molecule has 1 aliphatic rings. The van der Waals surface area contributed by atoms with E-state index in [2.05, 4.69) is 18.8 Å². The monoisotopic (exact) mass is 515 g/mol. The van der Waals surface area contributed by atoms with E-state index in [1.54, 1.807) is 18.2 Å². The van der Waals surface area contributed by atoms with Gasteiger partial charge in [-0.2, -0.15) is 4.98 Å². The van der Waals surface area contributed by atoms with Gasteiger partial charge in [-0.15, -0.1) is 0 Å². The molecule has 0 radical (unpaired) electrons. The summed E-state index contributed by atoms with van der Waals surface area (Å²) in [5.41, 5.74) is 3.07. The fraction of sp³-hybridized carbons (Fsp3) is 0.310. The highest BCUT2D eigenvalue weighted by Crippen LogP contribution is 2.33. The van der Waals surface area contributed by atoms with E-state index < -0.39 is 17.6 Å². The highest BCUT2D eigenvalue weighted by molar-refractivity contribution is 5.91. The highest BCUT2D eigenvalue weighted by Gasteiger charge is 2.30. The van der Waals surface area contributed by atoms with Crippen LogP contribution in [0.25, 0.3) is 28.0 Å². The molecule has 1 fully saturated rings. The van der Waals surface area contributed by atoms with E-state index in [-0.39, 0.29) is 18.5 Å². The maximum atomic E-state index is 14.9. The van der Waals surface area contributed by atoms with Crippen LogP contribution < -0.4 is 10.6 Å². The summed E-state index contributed by atoms with van der Waals surface area (Å²) in [6, 6.07) is 15.8. The van der Waals surface area contributed by atoms with Crippen molar-refractivity contribution in [3.05, 3.63) is 82.0 Å². The number of carbonyl (C=O) groups is 1. The molecule has 0 spiro atoms. The zero-order valence-corrected chi connectivity index (χ0v) is 21.8. The quantitative estimate of drug-likeness (QED) is 0.401. The van der Waals surface area contributed by atoms with Gasteiger partial charge in [0.25, 0.3) is 0 Å². The van der Waals surface area contributed by atoms with Crippen LogP contribution in [0.4, 0.5) is 15.0 Å². The van der Waals surface area contributed by atoms with E-state index >= 15 is 0 Å². The van der Waals surface area contributed by atoms with E-state index in [9.17, 15) is 19.1 Å². The Bertz CT molecular complexity index is 1600. The van der Waals surface area contributed by atoms with Crippen molar-refractivity contribution in [1.82, 2.24) is 19.4 Å². The lowest BCUT2D eigenvalue weighted by Crippen LogP contribution is -2.54. The number of aryl methyl sites for hydroxylation is 1. The van der Waals surface area contributed by atoms with E-state index in [4.69, 9.17) is 4.98 Å². The minimum atomic E-state index is -0.970. The van der Waals surface area contributed by atoms with E-state index in [1.807, 2.05) is 49.1 Å². The lowest BCUT2D eigenvalue weighted by molar-refractivity contribution is 0.136. The topological polar surface area (TPSA) is 91.6 Å². The molecule has 1 N–H and O–H groups in total. The van der Waals surface area contributed by atoms with Crippen LogP contribution in [0.2, 0.25) is 0 Å². The Balaban J connectivity index is 1.81. The number of benzene rings is 2. The summed E-state index contributed by atoms with van der Waals surface area (Å²) in [6.07, 6.45) is -0.970. The third kappa shape index (κ3) is 4.38. The normalized spacial score (nSPS) is 15.9. The van der Waals surface area contributed by atoms with Gasteiger partial charge in [0.15, 0.2) is 5.65 Å². The second-order valence-electron chi connectivity index (χ2n) is 10.0. The van der Waals surface area contributed by atoms with Crippen LogP contribution in [0.15, 0.2) is 59.4 Å². The Labute approximate surface area is 220 Å². The van der Waals surface area contributed by atoms with Gasteiger partial charge in [-0.05, 0) is 55.2 Å². The number of nitrogens with zero attached hydrogens (tertiary/aromatic N) is 5. The van der Waals surface area contributed by atoms with Crippen molar-refractivity contribution in [2.75, 3.05) is 24.5 Å². The summed E-state index contributed by atoms with van der Waals surface area (Å²) in [4.78, 5) is 38.1. The molecule has 1 aliphatic heterocycles. The summed E-state index contributed by atoms with van der Waals surface area (Å²) in [5.74, 6) is 0.191. The minimum Gasteiger partial charge on any atom is -0.465 e. The fourth-order valence-corrected chi connectivity index (χ4v) is 5.22. The predicted octanol–water partition coefficient (Wildman–Crippen LogP) is 5.21. The van der Waals surface area contributed by atoms with Crippen LogP contribution in [0.1, 0.15) is 37.8 Å². The number of aromatic nitrogens is 3. The number of rotatable bonds is 4. The number of carboxylic acid groups (broad SMARTS) is 1. The Morgan fingerprint density at radius 2 is 1.79 bits per heavy atom. The Morgan fingerprint density at radius 3 is 2.47 bits per heavy atom. The fourth-order valence-electron chi connectivity index (χ4n) is 5.22. The maximum absolute atomic E-state index is 14.9. The molecule has 1 amide bonds. The number of para-hydroxylation sites is 1. The Morgan fingerprint density at radius 1 is 1.08 bits per heavy atom. The lowest BCUT2D eigenvalue weighted by Gasteiger charge is -2.39. The third-order valence-corrected chi connectivity index (χ3v) is 7.14. The summed E-state index contributed by atoms with van der Waals surface area (Å²) in [5, 5.41) is 10.1. The van der Waals surface area contributed by atoms with Crippen LogP contribution >= 0.6 is 0 Å². The summed E-state index contributed by atoms with van der Waals surface area (Å²) < 4.78 is 16.4. The molecular formula is C29H30FN5O3. The van der Waals surface area contributed by atoms with Crippen LogP contribution in [0.3, 0.4) is 0 Å². The van der Waals surface area contributed by atoms with Gasteiger partial charge in [0.2, 0.25) is 0 Å². The van der Waals surface area contributed by atoms with Gasteiger partial charge in [0.05, 0.1) is 16.8 Å². The van der Waals surface area contributed by atoms with E-state index in [1.165, 1.54) is 15.5 Å². The first-order valence-electron chi connectivity index (χ1n) is 12.7. The van der Waals surface area contributed by atoms with Crippen molar-refractivity contribution in [1.29, 1.82) is 0 Å². The van der Waals surface area contributed by atoms with Crippen molar-refractivity contribution in [2.24, 2.45) is 0 Å². The van der Waals surface area contributed by atoms with Crippen LogP contribution in [0.5, 0.6) is 0 Å². The second-order valence-corrected chi connectivity index (χ2v) is 10.0. The van der Waals surface area contributed by atoms with Gasteiger partial charge in [0.1, 0.15) is 11.6 Å². The zero-order valence-electron chi connectivity index (χ0n) is 21.8. The van der Waals surface area contributed by atoms with Crippen molar-refractivity contribution in [3.8, 4) is 16.9 Å². The van der Waals surface area contributed by atoms with Crippen LogP contribution in [-0.2, 0) is 0 Å². The first-order valence-corrected chi connectivity index (χ1v) is 12.7. The number of hydrogen-bond acceptors (Lipinski definition) is 5. The molecule has 8 nitrogen and oxygen atoms in total. The van der Waals surface area contributed by atoms with E-state index in [0.29, 0.717) is 46.9 Å². The molecule has 2 aromatic carbocycles. The molecule has 1 saturated heterocycles. The molecule has 5 rings (SSSR count). The van der Waals surface area contributed by atoms with Crippen molar-refractivity contribution >= 4 is 22.9 Å². The Kier molecular flexibility index (Phi) is 6.60. The standard InChI is InChI=1S/C29H30FN5O3/c1-17(2)20-9-6-8-12-24(20)35-27-22(15-18(3)25(31-27)21-10-5-7-11-23(21)30)26(32-28(35)36)34-14-13-33(29(37)38)16-19(34)4/h5-12,15,17,19H,13-14,16H2,1-4H3,(H,37,38). The number of hydrogen-bond donors (Lipinski definition) is 1. The SMILES string of the molecule is Cc1cc2c(N3CCN(C(=O)O)CC3C)nc(=O)n(-c3ccccc3C(C)C)c2nc1-c1ccccc1F. The smallest absolute Gasteiger partial charge is 0.407 e. The van der Waals surface area contributed by atoms with Crippen molar-refractivity contribution < 1.29 is 14.3 Å². The highest BCUT2D eigenvalue weighted by atomic mass is 19.1. The number of piperazine rings is 1. The van der Waals surface area contributed by atoms with Gasteiger partial charge in [0, 0.05) is 31.2 Å². The minimum absolute atomic E-state index is 0.133. The largest absolute Gasteiger partial charge is 0.465 e. The average molecular weight is 516 g/mol. The Hall–Kier alpha value is -4.27. The van der Waals surface area contributed by atoms with Gasteiger partial charge in [-0.25, -0.2) is 23.5 Å². The third-order valence-electron chi connectivity index (χ3n) is 7.14. The molecule has 2 aromatic heterocycles. The first kappa shape index (κ1) is 25.4. The molecule has 1 atom stereocenters. The number of pyridine rings is 1. The van der Waals surface area contributed by atoms with E-state index in [0.717, 1.165) is 11.1 Å². The molecule has 4 aromatic rings. The second kappa shape index (κ2) is 9.89. The van der Waals surface area contributed by atoms with Crippen LogP contribution in [-0.4, -0.2) is 56.3 Å². The predicted molar refractivity (Wildman–Crippen MR) is 146 cm³/mol. The summed E-state index contributed by atoms with van der Waals surface area (Å²) in [7, 11) is 0. The number of halogens is 1. The number of fused-ring (bicyclic) bond motifs is 1.